The number of carbonyl (C=O) groups is 1. The van der Waals surface area contributed by atoms with Gasteiger partial charge in [0.15, 0.2) is 0 Å². The molecule has 10 heteroatoms. The van der Waals surface area contributed by atoms with E-state index in [4.69, 9.17) is 21.3 Å². The number of aromatic nitrogens is 3. The lowest BCUT2D eigenvalue weighted by Crippen LogP contribution is -2.52. The molecule has 2 N–H and O–H groups in total. The number of hydrogen-bond donors (Lipinski definition) is 2. The van der Waals surface area contributed by atoms with Gasteiger partial charge in [-0.25, -0.2) is 9.78 Å². The zero-order chi connectivity index (χ0) is 29.2. The number of benzene rings is 1. The van der Waals surface area contributed by atoms with Crippen molar-refractivity contribution in [2.24, 2.45) is 20.0 Å². The van der Waals surface area contributed by atoms with Crippen molar-refractivity contribution in [3.05, 3.63) is 109 Å². The van der Waals surface area contributed by atoms with E-state index in [1.54, 1.807) is 7.11 Å². The van der Waals surface area contributed by atoms with Crippen molar-refractivity contribution in [3.63, 3.8) is 0 Å². The highest BCUT2D eigenvalue weighted by Gasteiger charge is 2.43. The van der Waals surface area contributed by atoms with Gasteiger partial charge in [0.2, 0.25) is 5.88 Å². The van der Waals surface area contributed by atoms with E-state index in [2.05, 4.69) is 24.5 Å². The SMILES string of the molecule is COc1nc(C2(NC(=O)c3cn(C)c(=O)n(C)c3=O)C=CC=C(c3ccccc3Cl)C2C)ccc1CNC(C)C. The first-order valence-electron chi connectivity index (χ1n) is 13.0. The second-order valence-corrected chi connectivity index (χ2v) is 10.6. The Kier molecular flexibility index (Phi) is 8.46. The Morgan fingerprint density at radius 2 is 1.90 bits per heavy atom. The van der Waals surface area contributed by atoms with Crippen LogP contribution in [0.4, 0.5) is 0 Å². The molecule has 40 heavy (non-hydrogen) atoms. The largest absolute Gasteiger partial charge is 0.481 e. The maximum atomic E-state index is 13.8. The van der Waals surface area contributed by atoms with Crippen LogP contribution in [0.25, 0.3) is 5.57 Å². The van der Waals surface area contributed by atoms with Crippen LogP contribution in [0.15, 0.2) is 70.4 Å². The van der Waals surface area contributed by atoms with Crippen molar-refractivity contribution in [2.75, 3.05) is 7.11 Å². The molecule has 0 fully saturated rings. The normalized spacial score (nSPS) is 18.5. The molecule has 1 aromatic carbocycles. The van der Waals surface area contributed by atoms with Gasteiger partial charge in [0.25, 0.3) is 11.5 Å². The topological polar surface area (TPSA) is 107 Å². The summed E-state index contributed by atoms with van der Waals surface area (Å²) in [4.78, 5) is 43.9. The van der Waals surface area contributed by atoms with Gasteiger partial charge in [-0.15, -0.1) is 0 Å². The van der Waals surface area contributed by atoms with Crippen LogP contribution in [0.3, 0.4) is 0 Å². The number of hydrogen-bond acceptors (Lipinski definition) is 6. The van der Waals surface area contributed by atoms with Crippen LogP contribution in [0.1, 0.15) is 48.0 Å². The van der Waals surface area contributed by atoms with E-state index in [-0.39, 0.29) is 17.5 Å². The standard InChI is InChI=1S/C30H34ClN5O4/c1-18(2)32-16-20-13-14-25(33-27(20)40-6)30(34-26(37)23-17-35(4)29(39)36(5)28(23)38)15-9-11-21(19(30)3)22-10-7-8-12-24(22)31/h7-15,17-19,32H,16H2,1-6H3,(H,34,37). The molecule has 2 unspecified atom stereocenters. The number of aryl methyl sites for hydroxylation is 1. The van der Waals surface area contributed by atoms with Crippen LogP contribution in [0, 0.1) is 5.92 Å². The van der Waals surface area contributed by atoms with Crippen molar-refractivity contribution in [2.45, 2.75) is 38.9 Å². The maximum Gasteiger partial charge on any atom is 0.330 e. The number of amides is 1. The molecular weight excluding hydrogens is 530 g/mol. The Bertz CT molecular complexity index is 1620. The molecule has 3 aromatic rings. The van der Waals surface area contributed by atoms with Gasteiger partial charge in [-0.05, 0) is 23.3 Å². The number of ether oxygens (including phenoxy) is 1. The third-order valence-corrected chi connectivity index (χ3v) is 7.57. The fourth-order valence-electron chi connectivity index (χ4n) is 4.92. The minimum atomic E-state index is -1.18. The monoisotopic (exact) mass is 563 g/mol. The molecule has 0 radical (unpaired) electrons. The lowest BCUT2D eigenvalue weighted by Gasteiger charge is -2.40. The van der Waals surface area contributed by atoms with Crippen LogP contribution in [0.2, 0.25) is 5.02 Å². The van der Waals surface area contributed by atoms with Crippen molar-refractivity contribution in [3.8, 4) is 5.88 Å². The van der Waals surface area contributed by atoms with E-state index >= 15 is 0 Å². The van der Waals surface area contributed by atoms with Gasteiger partial charge in [-0.3, -0.25) is 14.2 Å². The van der Waals surface area contributed by atoms with Crippen LogP contribution < -0.4 is 26.6 Å². The van der Waals surface area contributed by atoms with E-state index < -0.39 is 22.7 Å². The van der Waals surface area contributed by atoms with Crippen molar-refractivity contribution >= 4 is 23.1 Å². The minimum absolute atomic E-state index is 0.164. The summed E-state index contributed by atoms with van der Waals surface area (Å²) in [7, 11) is 4.39. The fourth-order valence-corrected chi connectivity index (χ4v) is 5.17. The third kappa shape index (κ3) is 5.39. The minimum Gasteiger partial charge on any atom is -0.481 e. The Morgan fingerprint density at radius 1 is 1.18 bits per heavy atom. The molecule has 0 bridgehead atoms. The van der Waals surface area contributed by atoms with E-state index in [9.17, 15) is 14.4 Å². The third-order valence-electron chi connectivity index (χ3n) is 7.24. The first-order chi connectivity index (χ1) is 19.0. The number of halogens is 1. The number of carbonyl (C=O) groups excluding carboxylic acids is 1. The number of rotatable bonds is 8. The van der Waals surface area contributed by atoms with E-state index in [1.807, 2.05) is 61.5 Å². The summed E-state index contributed by atoms with van der Waals surface area (Å²) in [6.07, 6.45) is 6.92. The van der Waals surface area contributed by atoms with Crippen molar-refractivity contribution in [1.29, 1.82) is 0 Å². The van der Waals surface area contributed by atoms with Gasteiger partial charge >= 0.3 is 5.69 Å². The van der Waals surface area contributed by atoms with Crippen LogP contribution in [-0.4, -0.2) is 33.2 Å². The van der Waals surface area contributed by atoms with Gasteiger partial charge in [0.1, 0.15) is 11.1 Å². The lowest BCUT2D eigenvalue weighted by molar-refractivity contribution is 0.0896. The molecule has 2 atom stereocenters. The smallest absolute Gasteiger partial charge is 0.330 e. The van der Waals surface area contributed by atoms with Crippen LogP contribution in [0.5, 0.6) is 5.88 Å². The van der Waals surface area contributed by atoms with Crippen molar-refractivity contribution < 1.29 is 9.53 Å². The Balaban J connectivity index is 1.87. The number of allylic oxidation sites excluding steroid dienone is 2. The Morgan fingerprint density at radius 3 is 2.58 bits per heavy atom. The molecule has 1 amide bonds. The van der Waals surface area contributed by atoms with Gasteiger partial charge < -0.3 is 19.9 Å². The fraction of sp³-hybridized carbons (Fsp3) is 0.333. The second kappa shape index (κ2) is 11.7. The lowest BCUT2D eigenvalue weighted by atomic mass is 9.72. The summed E-state index contributed by atoms with van der Waals surface area (Å²) in [5.41, 5.74) is 0.529. The van der Waals surface area contributed by atoms with Crippen molar-refractivity contribution in [1.82, 2.24) is 24.8 Å². The first kappa shape index (κ1) is 29.0. The van der Waals surface area contributed by atoms with Gasteiger partial charge in [0, 0.05) is 49.4 Å². The predicted molar refractivity (Wildman–Crippen MR) is 157 cm³/mol. The number of pyridine rings is 1. The molecule has 0 saturated heterocycles. The van der Waals surface area contributed by atoms with E-state index in [0.717, 1.165) is 21.3 Å². The Hall–Kier alpha value is -3.95. The summed E-state index contributed by atoms with van der Waals surface area (Å²) in [5, 5.41) is 7.04. The van der Waals surface area contributed by atoms with E-state index in [0.29, 0.717) is 23.1 Å². The number of methoxy groups -OCH3 is 1. The zero-order valence-corrected chi connectivity index (χ0v) is 24.2. The second-order valence-electron chi connectivity index (χ2n) is 10.2. The molecule has 2 heterocycles. The quantitative estimate of drug-likeness (QED) is 0.434. The molecule has 0 spiro atoms. The highest BCUT2D eigenvalue weighted by molar-refractivity contribution is 6.32. The maximum absolute atomic E-state index is 13.8. The molecule has 4 rings (SSSR count). The zero-order valence-electron chi connectivity index (χ0n) is 23.5. The van der Waals surface area contributed by atoms with Gasteiger partial charge in [-0.1, -0.05) is 74.9 Å². The number of nitrogens with zero attached hydrogens (tertiary/aromatic N) is 3. The summed E-state index contributed by atoms with van der Waals surface area (Å²) in [6.45, 7) is 6.64. The highest BCUT2D eigenvalue weighted by Crippen LogP contribution is 2.44. The van der Waals surface area contributed by atoms with Gasteiger partial charge in [-0.2, -0.15) is 0 Å². The van der Waals surface area contributed by atoms with Crippen LogP contribution >= 0.6 is 11.6 Å². The molecule has 9 nitrogen and oxygen atoms in total. The molecule has 2 aromatic heterocycles. The summed E-state index contributed by atoms with van der Waals surface area (Å²) in [5.74, 6) is -0.583. The molecule has 210 valence electrons. The summed E-state index contributed by atoms with van der Waals surface area (Å²) < 4.78 is 7.77. The molecular formula is C30H34ClN5O4. The number of nitrogens with one attached hydrogen (secondary N) is 2. The average Bonchev–Trinajstić information content (AvgIpc) is 2.94. The molecule has 0 saturated carbocycles. The molecule has 1 aliphatic rings. The van der Waals surface area contributed by atoms with E-state index in [1.165, 1.54) is 24.9 Å². The molecule has 1 aliphatic carbocycles. The molecule has 0 aliphatic heterocycles. The predicted octanol–water partition coefficient (Wildman–Crippen LogP) is 3.55. The Labute approximate surface area is 238 Å². The first-order valence-corrected chi connectivity index (χ1v) is 13.4. The summed E-state index contributed by atoms with van der Waals surface area (Å²) in [6, 6.07) is 11.5. The average molecular weight is 564 g/mol. The highest BCUT2D eigenvalue weighted by atomic mass is 35.5. The summed E-state index contributed by atoms with van der Waals surface area (Å²) >= 11 is 6.59. The van der Waals surface area contributed by atoms with Crippen LogP contribution in [-0.2, 0) is 26.2 Å². The van der Waals surface area contributed by atoms with Gasteiger partial charge in [0.05, 0.1) is 12.8 Å².